The van der Waals surface area contributed by atoms with Crippen LogP contribution in [0.5, 0.6) is 0 Å². The van der Waals surface area contributed by atoms with Crippen molar-refractivity contribution in [3.8, 4) is 0 Å². The van der Waals surface area contributed by atoms with E-state index in [1.165, 1.54) is 263 Å². The molecule has 0 aromatic heterocycles. The second kappa shape index (κ2) is 77.0. The largest absolute Gasteiger partial charge is 0.472 e. The first-order valence-electron chi connectivity index (χ1n) is 44.9. The zero-order chi connectivity index (χ0) is 77.9. The zero-order valence-electron chi connectivity index (χ0n) is 69.9. The van der Waals surface area contributed by atoms with Crippen molar-refractivity contribution in [1.82, 2.24) is 0 Å². The molecule has 0 heterocycles. The first kappa shape index (κ1) is 104. The molecule has 3 N–H and O–H groups in total. The monoisotopic (exact) mass is 1550 g/mol. The summed E-state index contributed by atoms with van der Waals surface area (Å²) in [5.74, 6) is 0.258. The van der Waals surface area contributed by atoms with Crippen LogP contribution in [-0.4, -0.2) is 96.7 Å². The molecule has 19 heteroatoms. The van der Waals surface area contributed by atoms with Crippen molar-refractivity contribution < 1.29 is 80.2 Å². The third kappa shape index (κ3) is 78.7. The maximum absolute atomic E-state index is 13.2. The quantitative estimate of drug-likeness (QED) is 0.0222. The van der Waals surface area contributed by atoms with E-state index in [0.29, 0.717) is 31.6 Å². The summed E-state index contributed by atoms with van der Waals surface area (Å²) < 4.78 is 68.9. The summed E-state index contributed by atoms with van der Waals surface area (Å²) in [7, 11) is -9.93. The van der Waals surface area contributed by atoms with Crippen molar-refractivity contribution in [3.63, 3.8) is 0 Å². The van der Waals surface area contributed by atoms with Gasteiger partial charge in [0.1, 0.15) is 19.3 Å². The molecule has 0 spiro atoms. The van der Waals surface area contributed by atoms with Crippen LogP contribution in [0.25, 0.3) is 0 Å². The highest BCUT2D eigenvalue weighted by Gasteiger charge is 2.31. The Hall–Kier alpha value is -1.94. The molecule has 0 fully saturated rings. The van der Waals surface area contributed by atoms with Gasteiger partial charge in [0.15, 0.2) is 12.2 Å². The lowest BCUT2D eigenvalue weighted by atomic mass is 9.99. The molecule has 630 valence electrons. The molecule has 17 nitrogen and oxygen atoms in total. The van der Waals surface area contributed by atoms with E-state index in [1.54, 1.807) is 0 Å². The summed E-state index contributed by atoms with van der Waals surface area (Å²) in [6, 6.07) is 0. The predicted molar refractivity (Wildman–Crippen MR) is 437 cm³/mol. The molecule has 0 amide bonds. The van der Waals surface area contributed by atoms with E-state index in [9.17, 15) is 43.2 Å². The van der Waals surface area contributed by atoms with E-state index in [1.807, 2.05) is 0 Å². The van der Waals surface area contributed by atoms with Crippen LogP contribution in [0.15, 0.2) is 0 Å². The first-order chi connectivity index (χ1) is 51.3. The van der Waals surface area contributed by atoms with Crippen LogP contribution in [-0.2, 0) is 65.4 Å². The van der Waals surface area contributed by atoms with Gasteiger partial charge >= 0.3 is 39.5 Å². The Morgan fingerprint density at radius 2 is 0.481 bits per heavy atom. The minimum absolute atomic E-state index is 0.107. The molecular weight excluding hydrogens is 1380 g/mol. The number of hydrogen-bond donors (Lipinski definition) is 3. The maximum atomic E-state index is 13.2. The van der Waals surface area contributed by atoms with Gasteiger partial charge in [-0.2, -0.15) is 0 Å². The Kier molecular flexibility index (Phi) is 75.6. The van der Waals surface area contributed by atoms with Crippen LogP contribution >= 0.6 is 15.6 Å². The smallest absolute Gasteiger partial charge is 0.462 e. The molecule has 0 saturated heterocycles. The van der Waals surface area contributed by atoms with Crippen LogP contribution in [0.1, 0.15) is 459 Å². The molecule has 0 radical (unpaired) electrons. The number of carbonyl (C=O) groups excluding carboxylic acids is 4. The van der Waals surface area contributed by atoms with Gasteiger partial charge in [-0.05, 0) is 43.4 Å². The summed E-state index contributed by atoms with van der Waals surface area (Å²) in [6.07, 6.45) is 68.2. The molecular formula is C87H170O17P2. The highest BCUT2D eigenvalue weighted by atomic mass is 31.2. The van der Waals surface area contributed by atoms with E-state index in [4.69, 9.17) is 37.0 Å². The Labute approximate surface area is 651 Å². The lowest BCUT2D eigenvalue weighted by molar-refractivity contribution is -0.161. The number of phosphoric ester groups is 2. The minimum atomic E-state index is -4.97. The Balaban J connectivity index is 5.21. The highest BCUT2D eigenvalue weighted by molar-refractivity contribution is 7.47. The second-order valence-corrected chi connectivity index (χ2v) is 35.4. The summed E-state index contributed by atoms with van der Waals surface area (Å²) in [6.45, 7) is 12.0. The Morgan fingerprint density at radius 1 is 0.274 bits per heavy atom. The van der Waals surface area contributed by atoms with Crippen molar-refractivity contribution >= 4 is 39.5 Å². The normalized spacial score (nSPS) is 14.1. The Morgan fingerprint density at radius 3 is 0.717 bits per heavy atom. The van der Waals surface area contributed by atoms with Crippen LogP contribution < -0.4 is 0 Å². The number of rotatable bonds is 85. The predicted octanol–water partition coefficient (Wildman–Crippen LogP) is 26.5. The zero-order valence-corrected chi connectivity index (χ0v) is 71.7. The van der Waals surface area contributed by atoms with Gasteiger partial charge < -0.3 is 33.8 Å². The van der Waals surface area contributed by atoms with Crippen molar-refractivity contribution in [2.75, 3.05) is 39.6 Å². The van der Waals surface area contributed by atoms with Gasteiger partial charge in [0, 0.05) is 25.7 Å². The maximum Gasteiger partial charge on any atom is 0.472 e. The highest BCUT2D eigenvalue weighted by Crippen LogP contribution is 2.45. The summed E-state index contributed by atoms with van der Waals surface area (Å²) in [4.78, 5) is 73.2. The topological polar surface area (TPSA) is 237 Å². The standard InChI is InChI=1S/C87H170O17P2/c1-8-10-11-12-13-14-15-16-17-26-32-37-42-47-56-63-71-87(92)104-83(75-98-85(90)69-62-55-50-49-52-59-66-79(5)6)77-102-106(95,96)100-73-81(88)72-99-105(93,94)101-76-82(74-97-84(89)68-61-54-46-41-36-31-27-23-22-24-29-34-39-44-51-58-65-78(3)4)103-86(91)70-64-57-48-43-38-33-28-21-19-18-20-25-30-35-40-45-53-60-67-80(7)9-2/h78-83,88H,8-77H2,1-7H3,(H,93,94)(H,95,96)/t80?,81-,82-,83-/m1/s1. The lowest BCUT2D eigenvalue weighted by Crippen LogP contribution is -2.30. The summed E-state index contributed by atoms with van der Waals surface area (Å²) >= 11 is 0. The van der Waals surface area contributed by atoms with Crippen LogP contribution in [0.2, 0.25) is 0 Å². The number of aliphatic hydroxyl groups is 1. The minimum Gasteiger partial charge on any atom is -0.462 e. The lowest BCUT2D eigenvalue weighted by Gasteiger charge is -2.21. The summed E-state index contributed by atoms with van der Waals surface area (Å²) in [5.41, 5.74) is 0. The van der Waals surface area contributed by atoms with Gasteiger partial charge in [0.25, 0.3) is 0 Å². The van der Waals surface area contributed by atoms with Gasteiger partial charge in [0.05, 0.1) is 26.4 Å². The summed E-state index contributed by atoms with van der Waals surface area (Å²) in [5, 5.41) is 10.7. The number of hydrogen-bond acceptors (Lipinski definition) is 15. The molecule has 0 rings (SSSR count). The molecule has 0 aliphatic carbocycles. The van der Waals surface area contributed by atoms with Crippen molar-refractivity contribution in [2.45, 2.75) is 478 Å². The molecule has 0 bridgehead atoms. The number of ether oxygens (including phenoxy) is 4. The van der Waals surface area contributed by atoms with Crippen LogP contribution in [0.3, 0.4) is 0 Å². The fraction of sp³-hybridized carbons (Fsp3) is 0.954. The van der Waals surface area contributed by atoms with E-state index in [-0.39, 0.29) is 25.7 Å². The van der Waals surface area contributed by atoms with E-state index < -0.39 is 97.5 Å². The molecule has 6 atom stereocenters. The van der Waals surface area contributed by atoms with Crippen molar-refractivity contribution in [3.05, 3.63) is 0 Å². The van der Waals surface area contributed by atoms with Crippen molar-refractivity contribution in [1.29, 1.82) is 0 Å². The number of esters is 4. The van der Waals surface area contributed by atoms with Gasteiger partial charge in [0.2, 0.25) is 0 Å². The van der Waals surface area contributed by atoms with E-state index in [0.717, 1.165) is 108 Å². The van der Waals surface area contributed by atoms with E-state index >= 15 is 0 Å². The molecule has 0 saturated carbocycles. The number of aliphatic hydroxyl groups excluding tert-OH is 1. The fourth-order valence-corrected chi connectivity index (χ4v) is 15.1. The van der Waals surface area contributed by atoms with Gasteiger partial charge in [-0.3, -0.25) is 37.3 Å². The van der Waals surface area contributed by atoms with Gasteiger partial charge in [-0.1, -0.05) is 408 Å². The van der Waals surface area contributed by atoms with Crippen molar-refractivity contribution in [2.24, 2.45) is 17.8 Å². The number of carbonyl (C=O) groups is 4. The molecule has 0 aliphatic heterocycles. The Bertz CT molecular complexity index is 2050. The molecule has 3 unspecified atom stereocenters. The second-order valence-electron chi connectivity index (χ2n) is 32.5. The third-order valence-electron chi connectivity index (χ3n) is 20.7. The fourth-order valence-electron chi connectivity index (χ4n) is 13.5. The first-order valence-corrected chi connectivity index (χ1v) is 47.9. The van der Waals surface area contributed by atoms with Crippen LogP contribution in [0.4, 0.5) is 0 Å². The van der Waals surface area contributed by atoms with Crippen LogP contribution in [0, 0.1) is 17.8 Å². The van der Waals surface area contributed by atoms with E-state index in [2.05, 4.69) is 48.5 Å². The molecule has 0 aromatic carbocycles. The average molecular weight is 1550 g/mol. The number of phosphoric acid groups is 2. The number of unbranched alkanes of at least 4 members (excludes halogenated alkanes) is 52. The molecule has 0 aromatic rings. The van der Waals surface area contributed by atoms with Gasteiger partial charge in [-0.25, -0.2) is 9.13 Å². The molecule has 0 aliphatic rings. The third-order valence-corrected chi connectivity index (χ3v) is 22.6. The SMILES string of the molecule is CCCCCCCCCCCCCCCCCCC(=O)O[C@H](COC(=O)CCCCCCCCC(C)C)COP(=O)(O)OC[C@H](O)COP(=O)(O)OC[C@@H](COC(=O)CCCCCCCCCCCCCCCCCCC(C)C)OC(=O)CCCCCCCCCCCCCCCCCCCCC(C)CC. The average Bonchev–Trinajstić information content (AvgIpc) is 0.902. The molecule has 106 heavy (non-hydrogen) atoms. The van der Waals surface area contributed by atoms with Gasteiger partial charge in [-0.15, -0.1) is 0 Å².